The molecule has 0 spiro atoms. The molecule has 3 aromatic rings. The Bertz CT molecular complexity index is 1030. The van der Waals surface area contributed by atoms with E-state index >= 15 is 0 Å². The largest absolute Gasteiger partial charge is 0.416 e. The van der Waals surface area contributed by atoms with Gasteiger partial charge in [0.15, 0.2) is 0 Å². The summed E-state index contributed by atoms with van der Waals surface area (Å²) in [7, 11) is 0. The standard InChI is InChI=1S/C23H22F3N3O2/c24-23(25,26)19-8-6-16(7-9-19)12-21(30)27-13-20-22-18(10-11-31-20)15-29(28-22)14-17-4-2-1-3-5-17/h1-9,15,20H,10-14H2,(H,27,30). The van der Waals surface area contributed by atoms with Crippen LogP contribution in [-0.2, 0) is 35.1 Å². The average Bonchev–Trinajstić information content (AvgIpc) is 3.15. The Morgan fingerprint density at radius 2 is 1.84 bits per heavy atom. The molecule has 0 aliphatic carbocycles. The summed E-state index contributed by atoms with van der Waals surface area (Å²) in [6.07, 6.45) is -1.96. The summed E-state index contributed by atoms with van der Waals surface area (Å²) in [6, 6.07) is 14.6. The first-order valence-electron chi connectivity index (χ1n) is 10.0. The van der Waals surface area contributed by atoms with Crippen LogP contribution in [0.15, 0.2) is 60.8 Å². The summed E-state index contributed by atoms with van der Waals surface area (Å²) in [4.78, 5) is 12.3. The molecule has 162 valence electrons. The highest BCUT2D eigenvalue weighted by Crippen LogP contribution is 2.29. The van der Waals surface area contributed by atoms with Gasteiger partial charge in [-0.1, -0.05) is 42.5 Å². The van der Waals surface area contributed by atoms with Crippen molar-refractivity contribution in [3.63, 3.8) is 0 Å². The number of amides is 1. The predicted octanol–water partition coefficient (Wildman–Crippen LogP) is 3.92. The van der Waals surface area contributed by atoms with Crippen LogP contribution in [0.25, 0.3) is 0 Å². The van der Waals surface area contributed by atoms with Crippen molar-refractivity contribution in [2.45, 2.75) is 31.7 Å². The van der Waals surface area contributed by atoms with Gasteiger partial charge in [-0.25, -0.2) is 0 Å². The van der Waals surface area contributed by atoms with E-state index in [0.717, 1.165) is 35.4 Å². The number of carbonyl (C=O) groups is 1. The number of ether oxygens (including phenoxy) is 1. The summed E-state index contributed by atoms with van der Waals surface area (Å²) in [5, 5.41) is 7.47. The van der Waals surface area contributed by atoms with E-state index in [2.05, 4.69) is 10.4 Å². The monoisotopic (exact) mass is 429 g/mol. The van der Waals surface area contributed by atoms with Crippen molar-refractivity contribution in [3.8, 4) is 0 Å². The minimum Gasteiger partial charge on any atom is -0.370 e. The third-order valence-electron chi connectivity index (χ3n) is 5.18. The van der Waals surface area contributed by atoms with E-state index in [4.69, 9.17) is 4.74 Å². The summed E-state index contributed by atoms with van der Waals surface area (Å²) >= 11 is 0. The van der Waals surface area contributed by atoms with Gasteiger partial charge in [-0.3, -0.25) is 9.48 Å². The lowest BCUT2D eigenvalue weighted by Crippen LogP contribution is -2.32. The number of hydrogen-bond acceptors (Lipinski definition) is 3. The van der Waals surface area contributed by atoms with E-state index in [-0.39, 0.29) is 25.0 Å². The van der Waals surface area contributed by atoms with E-state index in [1.54, 1.807) is 0 Å². The third kappa shape index (κ3) is 5.32. The van der Waals surface area contributed by atoms with Gasteiger partial charge in [0.05, 0.1) is 30.8 Å². The second kappa shape index (κ2) is 8.93. The van der Waals surface area contributed by atoms with Gasteiger partial charge in [0, 0.05) is 12.7 Å². The summed E-state index contributed by atoms with van der Waals surface area (Å²) < 4.78 is 45.6. The first-order valence-corrected chi connectivity index (χ1v) is 10.0. The number of rotatable bonds is 6. The molecule has 4 rings (SSSR count). The third-order valence-corrected chi connectivity index (χ3v) is 5.18. The number of fused-ring (bicyclic) bond motifs is 1. The number of carbonyl (C=O) groups excluding carboxylic acids is 1. The Hall–Kier alpha value is -3.13. The average molecular weight is 429 g/mol. The van der Waals surface area contributed by atoms with E-state index in [1.165, 1.54) is 12.1 Å². The normalized spacial score (nSPS) is 16.0. The molecule has 1 aromatic heterocycles. The van der Waals surface area contributed by atoms with Crippen LogP contribution in [-0.4, -0.2) is 28.8 Å². The van der Waals surface area contributed by atoms with E-state index in [9.17, 15) is 18.0 Å². The number of aromatic nitrogens is 2. The Morgan fingerprint density at radius 3 is 2.55 bits per heavy atom. The molecule has 0 saturated heterocycles. The lowest BCUT2D eigenvalue weighted by molar-refractivity contribution is -0.137. The highest BCUT2D eigenvalue weighted by atomic mass is 19.4. The van der Waals surface area contributed by atoms with Gasteiger partial charge in [0.25, 0.3) is 0 Å². The summed E-state index contributed by atoms with van der Waals surface area (Å²) in [6.45, 7) is 1.46. The maximum absolute atomic E-state index is 12.7. The van der Waals surface area contributed by atoms with Crippen molar-refractivity contribution >= 4 is 5.91 Å². The molecule has 0 radical (unpaired) electrons. The van der Waals surface area contributed by atoms with Crippen LogP contribution < -0.4 is 5.32 Å². The number of nitrogens with zero attached hydrogens (tertiary/aromatic N) is 2. The van der Waals surface area contributed by atoms with Crippen molar-refractivity contribution in [2.75, 3.05) is 13.2 Å². The SMILES string of the molecule is O=C(Cc1ccc(C(F)(F)F)cc1)NCC1OCCc2cn(Cc3ccccc3)nc21. The van der Waals surface area contributed by atoms with Gasteiger partial charge in [-0.2, -0.15) is 18.3 Å². The Kier molecular flexibility index (Phi) is 6.08. The van der Waals surface area contributed by atoms with Gasteiger partial charge in [-0.15, -0.1) is 0 Å². The fraction of sp³-hybridized carbons (Fsp3) is 0.304. The smallest absolute Gasteiger partial charge is 0.370 e. The maximum atomic E-state index is 12.7. The van der Waals surface area contributed by atoms with Crippen molar-refractivity contribution in [1.82, 2.24) is 15.1 Å². The molecule has 2 aromatic carbocycles. The van der Waals surface area contributed by atoms with Crippen LogP contribution in [0.5, 0.6) is 0 Å². The lowest BCUT2D eigenvalue weighted by Gasteiger charge is -2.22. The topological polar surface area (TPSA) is 56.1 Å². The van der Waals surface area contributed by atoms with Crippen LogP contribution in [0, 0.1) is 0 Å². The van der Waals surface area contributed by atoms with E-state index < -0.39 is 11.7 Å². The minimum atomic E-state index is -4.39. The zero-order valence-electron chi connectivity index (χ0n) is 16.7. The van der Waals surface area contributed by atoms with E-state index in [1.807, 2.05) is 41.2 Å². The fourth-order valence-electron chi connectivity index (χ4n) is 3.60. The van der Waals surface area contributed by atoms with Gasteiger partial charge < -0.3 is 10.1 Å². The zero-order valence-corrected chi connectivity index (χ0v) is 16.7. The molecule has 8 heteroatoms. The molecular weight excluding hydrogens is 407 g/mol. The van der Waals surface area contributed by atoms with Crippen molar-refractivity contribution in [3.05, 3.63) is 88.7 Å². The molecule has 1 aliphatic heterocycles. The highest BCUT2D eigenvalue weighted by Gasteiger charge is 2.30. The molecule has 1 aliphatic rings. The highest BCUT2D eigenvalue weighted by molar-refractivity contribution is 5.78. The van der Waals surface area contributed by atoms with Crippen LogP contribution >= 0.6 is 0 Å². The van der Waals surface area contributed by atoms with Crippen LogP contribution in [0.2, 0.25) is 0 Å². The molecular formula is C23H22F3N3O2. The first kappa shape index (κ1) is 21.1. The molecule has 0 fully saturated rings. The number of benzene rings is 2. The quantitative estimate of drug-likeness (QED) is 0.646. The fourth-order valence-corrected chi connectivity index (χ4v) is 3.60. The maximum Gasteiger partial charge on any atom is 0.416 e. The van der Waals surface area contributed by atoms with Gasteiger partial charge in [-0.05, 0) is 35.2 Å². The second-order valence-electron chi connectivity index (χ2n) is 7.51. The molecule has 1 N–H and O–H groups in total. The molecule has 0 saturated carbocycles. The predicted molar refractivity (Wildman–Crippen MR) is 108 cm³/mol. The zero-order chi connectivity index (χ0) is 21.8. The van der Waals surface area contributed by atoms with E-state index in [0.29, 0.717) is 18.7 Å². The Morgan fingerprint density at radius 1 is 1.10 bits per heavy atom. The number of halogens is 3. The minimum absolute atomic E-state index is 0.000161. The number of hydrogen-bond donors (Lipinski definition) is 1. The molecule has 2 heterocycles. The van der Waals surface area contributed by atoms with Crippen LogP contribution in [0.4, 0.5) is 13.2 Å². The molecule has 0 bridgehead atoms. The Labute approximate surface area is 177 Å². The van der Waals surface area contributed by atoms with Crippen molar-refractivity contribution < 1.29 is 22.7 Å². The molecule has 1 unspecified atom stereocenters. The first-order chi connectivity index (χ1) is 14.9. The van der Waals surface area contributed by atoms with Crippen LogP contribution in [0.1, 0.15) is 34.1 Å². The van der Waals surface area contributed by atoms with Gasteiger partial charge >= 0.3 is 6.18 Å². The number of alkyl halides is 3. The number of nitrogens with one attached hydrogen (secondary N) is 1. The lowest BCUT2D eigenvalue weighted by atomic mass is 10.1. The van der Waals surface area contributed by atoms with Crippen molar-refractivity contribution in [1.29, 1.82) is 0 Å². The molecule has 31 heavy (non-hydrogen) atoms. The molecule has 5 nitrogen and oxygen atoms in total. The molecule has 1 amide bonds. The van der Waals surface area contributed by atoms with Crippen LogP contribution in [0.3, 0.4) is 0 Å². The van der Waals surface area contributed by atoms with Crippen molar-refractivity contribution in [2.24, 2.45) is 0 Å². The van der Waals surface area contributed by atoms with Gasteiger partial charge in [0.2, 0.25) is 5.91 Å². The molecule has 1 atom stereocenters. The van der Waals surface area contributed by atoms with Gasteiger partial charge in [0.1, 0.15) is 6.10 Å². The summed E-state index contributed by atoms with van der Waals surface area (Å²) in [5.41, 5.74) is 2.85. The Balaban J connectivity index is 1.35. The second-order valence-corrected chi connectivity index (χ2v) is 7.51. The summed E-state index contributed by atoms with van der Waals surface area (Å²) in [5.74, 6) is -0.279.